The summed E-state index contributed by atoms with van der Waals surface area (Å²) in [6.07, 6.45) is 0.805. The van der Waals surface area contributed by atoms with Crippen molar-refractivity contribution in [2.75, 3.05) is 0 Å². The molecule has 2 rings (SSSR count). The van der Waals surface area contributed by atoms with Gasteiger partial charge in [0.1, 0.15) is 17.3 Å². The minimum absolute atomic E-state index is 0.114. The molecule has 0 aliphatic rings. The first-order chi connectivity index (χ1) is 9.04. The topological polar surface area (TPSA) is 35.2 Å². The summed E-state index contributed by atoms with van der Waals surface area (Å²) < 4.78 is 18.8. The molecule has 2 aromatic carbocycles. The van der Waals surface area contributed by atoms with Crippen LogP contribution in [0.1, 0.15) is 18.1 Å². The summed E-state index contributed by atoms with van der Waals surface area (Å²) >= 11 is 0. The molecule has 0 aromatic heterocycles. The average Bonchev–Trinajstić information content (AvgIpc) is 2.32. The fourth-order valence-corrected chi connectivity index (χ4v) is 1.96. The second kappa shape index (κ2) is 5.85. The van der Waals surface area contributed by atoms with Crippen LogP contribution in [0.15, 0.2) is 42.5 Å². The molecule has 0 amide bonds. The van der Waals surface area contributed by atoms with Gasteiger partial charge < -0.3 is 10.5 Å². The lowest BCUT2D eigenvalue weighted by Crippen LogP contribution is -2.17. The molecule has 3 heteroatoms. The Balaban J connectivity index is 2.18. The molecule has 2 aromatic rings. The lowest BCUT2D eigenvalue weighted by atomic mass is 10.1. The van der Waals surface area contributed by atoms with Gasteiger partial charge >= 0.3 is 0 Å². The van der Waals surface area contributed by atoms with E-state index in [4.69, 9.17) is 10.5 Å². The van der Waals surface area contributed by atoms with Gasteiger partial charge in [-0.2, -0.15) is 0 Å². The summed E-state index contributed by atoms with van der Waals surface area (Å²) in [4.78, 5) is 0. The summed E-state index contributed by atoms with van der Waals surface area (Å²) in [5.74, 6) is 1.16. The Morgan fingerprint density at radius 3 is 2.68 bits per heavy atom. The van der Waals surface area contributed by atoms with E-state index in [1.807, 2.05) is 38.1 Å². The normalized spacial score (nSPS) is 12.2. The van der Waals surface area contributed by atoms with Gasteiger partial charge in [-0.25, -0.2) is 4.39 Å². The van der Waals surface area contributed by atoms with Crippen LogP contribution in [-0.4, -0.2) is 6.04 Å². The van der Waals surface area contributed by atoms with Gasteiger partial charge in [-0.15, -0.1) is 0 Å². The van der Waals surface area contributed by atoms with Gasteiger partial charge in [0.2, 0.25) is 0 Å². The molecule has 0 aliphatic heterocycles. The highest BCUT2D eigenvalue weighted by Crippen LogP contribution is 2.26. The quantitative estimate of drug-likeness (QED) is 0.906. The van der Waals surface area contributed by atoms with E-state index in [0.29, 0.717) is 5.75 Å². The van der Waals surface area contributed by atoms with Crippen molar-refractivity contribution in [1.82, 2.24) is 0 Å². The molecular formula is C16H18FNO. The maximum atomic E-state index is 13.0. The Labute approximate surface area is 113 Å². The van der Waals surface area contributed by atoms with E-state index in [1.165, 1.54) is 12.1 Å². The van der Waals surface area contributed by atoms with Crippen molar-refractivity contribution in [2.45, 2.75) is 26.3 Å². The van der Waals surface area contributed by atoms with Crippen molar-refractivity contribution in [1.29, 1.82) is 0 Å². The lowest BCUT2D eigenvalue weighted by molar-refractivity contribution is 0.475. The van der Waals surface area contributed by atoms with Crippen LogP contribution in [-0.2, 0) is 6.42 Å². The smallest absolute Gasteiger partial charge is 0.130 e. The largest absolute Gasteiger partial charge is 0.457 e. The minimum Gasteiger partial charge on any atom is -0.457 e. The van der Waals surface area contributed by atoms with Crippen LogP contribution < -0.4 is 10.5 Å². The van der Waals surface area contributed by atoms with Gasteiger partial charge in [-0.3, -0.25) is 0 Å². The molecule has 19 heavy (non-hydrogen) atoms. The molecule has 0 fully saturated rings. The molecule has 100 valence electrons. The molecule has 0 spiro atoms. The summed E-state index contributed by atoms with van der Waals surface area (Å²) in [5.41, 5.74) is 7.69. The van der Waals surface area contributed by atoms with E-state index >= 15 is 0 Å². The SMILES string of the molecule is Cc1cc(F)ccc1Oc1cccc(CC(C)N)c1. The number of rotatable bonds is 4. The molecule has 1 atom stereocenters. The average molecular weight is 259 g/mol. The predicted octanol–water partition coefficient (Wildman–Crippen LogP) is 3.82. The highest BCUT2D eigenvalue weighted by molar-refractivity contribution is 5.38. The van der Waals surface area contributed by atoms with Crippen molar-refractivity contribution in [3.63, 3.8) is 0 Å². The molecule has 0 bridgehead atoms. The first-order valence-electron chi connectivity index (χ1n) is 6.33. The zero-order valence-electron chi connectivity index (χ0n) is 11.2. The number of aryl methyl sites for hydroxylation is 1. The van der Waals surface area contributed by atoms with Crippen molar-refractivity contribution in [3.8, 4) is 11.5 Å². The summed E-state index contributed by atoms with van der Waals surface area (Å²) in [6, 6.07) is 12.4. The molecule has 1 unspecified atom stereocenters. The fourth-order valence-electron chi connectivity index (χ4n) is 1.96. The second-order valence-electron chi connectivity index (χ2n) is 4.84. The zero-order chi connectivity index (χ0) is 13.8. The third kappa shape index (κ3) is 3.80. The van der Waals surface area contributed by atoms with Crippen LogP contribution >= 0.6 is 0 Å². The molecule has 0 saturated heterocycles. The van der Waals surface area contributed by atoms with Crippen molar-refractivity contribution in [3.05, 3.63) is 59.4 Å². The van der Waals surface area contributed by atoms with E-state index in [-0.39, 0.29) is 11.9 Å². The Bertz CT molecular complexity index is 566. The van der Waals surface area contributed by atoms with Gasteiger partial charge in [-0.05, 0) is 61.7 Å². The maximum Gasteiger partial charge on any atom is 0.130 e. The van der Waals surface area contributed by atoms with Gasteiger partial charge in [0.15, 0.2) is 0 Å². The Morgan fingerprint density at radius 2 is 2.00 bits per heavy atom. The molecular weight excluding hydrogens is 241 g/mol. The fraction of sp³-hybridized carbons (Fsp3) is 0.250. The number of halogens is 1. The highest BCUT2D eigenvalue weighted by Gasteiger charge is 2.04. The van der Waals surface area contributed by atoms with Crippen LogP contribution in [0.4, 0.5) is 4.39 Å². The molecule has 0 aliphatic carbocycles. The zero-order valence-corrected chi connectivity index (χ0v) is 11.2. The minimum atomic E-state index is -0.254. The van der Waals surface area contributed by atoms with E-state index < -0.39 is 0 Å². The summed E-state index contributed by atoms with van der Waals surface area (Å²) in [6.45, 7) is 3.79. The third-order valence-electron chi connectivity index (χ3n) is 2.82. The van der Waals surface area contributed by atoms with E-state index in [2.05, 4.69) is 0 Å². The first-order valence-corrected chi connectivity index (χ1v) is 6.33. The monoisotopic (exact) mass is 259 g/mol. The van der Waals surface area contributed by atoms with E-state index in [9.17, 15) is 4.39 Å². The molecule has 0 saturated carbocycles. The van der Waals surface area contributed by atoms with Gasteiger partial charge in [0.05, 0.1) is 0 Å². The predicted molar refractivity (Wildman–Crippen MR) is 75.0 cm³/mol. The van der Waals surface area contributed by atoms with Crippen molar-refractivity contribution in [2.24, 2.45) is 5.73 Å². The number of hydrogen-bond donors (Lipinski definition) is 1. The Hall–Kier alpha value is -1.87. The molecule has 0 heterocycles. The van der Waals surface area contributed by atoms with Crippen LogP contribution in [0.5, 0.6) is 11.5 Å². The van der Waals surface area contributed by atoms with Crippen LogP contribution in [0.2, 0.25) is 0 Å². The van der Waals surface area contributed by atoms with Crippen LogP contribution in [0.25, 0.3) is 0 Å². The number of benzene rings is 2. The number of ether oxygens (including phenoxy) is 1. The van der Waals surface area contributed by atoms with Gasteiger partial charge in [0.25, 0.3) is 0 Å². The van der Waals surface area contributed by atoms with Crippen LogP contribution in [0.3, 0.4) is 0 Å². The maximum absolute atomic E-state index is 13.0. The van der Waals surface area contributed by atoms with Gasteiger partial charge in [0, 0.05) is 6.04 Å². The Morgan fingerprint density at radius 1 is 1.21 bits per heavy atom. The summed E-state index contributed by atoms with van der Waals surface area (Å²) in [7, 11) is 0. The molecule has 2 nitrogen and oxygen atoms in total. The lowest BCUT2D eigenvalue weighted by Gasteiger charge is -2.11. The highest BCUT2D eigenvalue weighted by atomic mass is 19.1. The number of nitrogens with two attached hydrogens (primary N) is 1. The van der Waals surface area contributed by atoms with Crippen LogP contribution in [0, 0.1) is 12.7 Å². The standard InChI is InChI=1S/C16H18FNO/c1-11-8-14(17)6-7-16(11)19-15-5-3-4-13(10-15)9-12(2)18/h3-8,10,12H,9,18H2,1-2H3. The second-order valence-corrected chi connectivity index (χ2v) is 4.84. The van der Waals surface area contributed by atoms with Crippen molar-refractivity contribution < 1.29 is 9.13 Å². The van der Waals surface area contributed by atoms with E-state index in [0.717, 1.165) is 23.3 Å². The first kappa shape index (κ1) is 13.6. The van der Waals surface area contributed by atoms with Crippen molar-refractivity contribution >= 4 is 0 Å². The van der Waals surface area contributed by atoms with Gasteiger partial charge in [-0.1, -0.05) is 12.1 Å². The summed E-state index contributed by atoms with van der Waals surface area (Å²) in [5, 5.41) is 0. The number of hydrogen-bond acceptors (Lipinski definition) is 2. The van der Waals surface area contributed by atoms with E-state index in [1.54, 1.807) is 6.07 Å². The third-order valence-corrected chi connectivity index (χ3v) is 2.82. The molecule has 0 radical (unpaired) electrons. The Kier molecular flexibility index (Phi) is 4.17. The molecule has 2 N–H and O–H groups in total.